The number of carbonyl (C=O) groups is 1. The van der Waals surface area contributed by atoms with Crippen molar-refractivity contribution in [3.63, 3.8) is 0 Å². The van der Waals surface area contributed by atoms with Crippen molar-refractivity contribution in [1.29, 1.82) is 0 Å². The third-order valence-corrected chi connectivity index (χ3v) is 3.06. The first-order valence-corrected chi connectivity index (χ1v) is 4.85. The molecule has 1 aliphatic carbocycles. The summed E-state index contributed by atoms with van der Waals surface area (Å²) >= 11 is 6.03. The number of benzene rings is 1. The molecule has 0 spiro atoms. The van der Waals surface area contributed by atoms with Gasteiger partial charge in [0.1, 0.15) is 5.78 Å². The smallest absolute Gasteiger partial charge is 0.137 e. The zero-order valence-corrected chi connectivity index (χ0v) is 8.27. The van der Waals surface area contributed by atoms with Crippen LogP contribution in [0, 0.1) is 0 Å². The number of Topliss-reactive ketones (excluding diaryl/α,β-unsaturated/α-hetero) is 1. The fourth-order valence-electron chi connectivity index (χ4n) is 2.03. The van der Waals surface area contributed by atoms with Gasteiger partial charge in [-0.15, -0.1) is 0 Å². The normalized spacial score (nSPS) is 20.0. The maximum absolute atomic E-state index is 11.3. The summed E-state index contributed by atoms with van der Waals surface area (Å²) in [4.78, 5) is 11.3. The van der Waals surface area contributed by atoms with Crippen molar-refractivity contribution in [2.45, 2.75) is 25.7 Å². The summed E-state index contributed by atoms with van der Waals surface area (Å²) in [6, 6.07) is 5.83. The first kappa shape index (κ1) is 8.76. The molecule has 1 aromatic carbocycles. The maximum atomic E-state index is 11.3. The zero-order valence-electron chi connectivity index (χ0n) is 7.51. The van der Waals surface area contributed by atoms with E-state index in [0.29, 0.717) is 0 Å². The van der Waals surface area contributed by atoms with Gasteiger partial charge < -0.3 is 0 Å². The van der Waals surface area contributed by atoms with Crippen LogP contribution in [0.25, 0.3) is 0 Å². The molecule has 0 heterocycles. The molecular formula is C11H11ClO. The largest absolute Gasteiger partial charge is 0.299 e. The summed E-state index contributed by atoms with van der Waals surface area (Å²) in [5, 5.41) is 0.807. The third kappa shape index (κ3) is 1.37. The fraction of sp³-hybridized carbons (Fsp3) is 0.364. The molecule has 0 amide bonds. The van der Waals surface area contributed by atoms with Crippen LogP contribution in [0.15, 0.2) is 18.2 Å². The Balaban J connectivity index is 2.49. The zero-order chi connectivity index (χ0) is 9.42. The van der Waals surface area contributed by atoms with E-state index >= 15 is 0 Å². The minimum atomic E-state index is 0.0914. The quantitative estimate of drug-likeness (QED) is 0.672. The lowest BCUT2D eigenvalue weighted by molar-refractivity contribution is -0.118. The number of fused-ring (bicyclic) bond motifs is 1. The molecule has 1 unspecified atom stereocenters. The van der Waals surface area contributed by atoms with Gasteiger partial charge in [0.15, 0.2) is 0 Å². The van der Waals surface area contributed by atoms with Crippen LogP contribution in [0.5, 0.6) is 0 Å². The Morgan fingerprint density at radius 2 is 2.31 bits per heavy atom. The second-order valence-electron chi connectivity index (χ2n) is 3.51. The molecule has 1 atom stereocenters. The van der Waals surface area contributed by atoms with Gasteiger partial charge in [-0.3, -0.25) is 4.79 Å². The Bertz CT molecular complexity index is 357. The van der Waals surface area contributed by atoms with Crippen molar-refractivity contribution in [2.24, 2.45) is 0 Å². The van der Waals surface area contributed by atoms with Gasteiger partial charge in [0.2, 0.25) is 0 Å². The lowest BCUT2D eigenvalue weighted by atomic mass is 9.98. The van der Waals surface area contributed by atoms with Crippen molar-refractivity contribution in [2.75, 3.05) is 0 Å². The van der Waals surface area contributed by atoms with E-state index in [0.717, 1.165) is 23.4 Å². The molecule has 0 aromatic heterocycles. The maximum Gasteiger partial charge on any atom is 0.137 e. The SMILES string of the molecule is CC(=O)C1CCc2c(Cl)cccc21. The van der Waals surface area contributed by atoms with Crippen LogP contribution >= 0.6 is 11.6 Å². The highest BCUT2D eigenvalue weighted by atomic mass is 35.5. The van der Waals surface area contributed by atoms with Crippen molar-refractivity contribution in [1.82, 2.24) is 0 Å². The number of carbonyl (C=O) groups excluding carboxylic acids is 1. The predicted molar refractivity (Wildman–Crippen MR) is 53.2 cm³/mol. The minimum absolute atomic E-state index is 0.0914. The topological polar surface area (TPSA) is 17.1 Å². The highest BCUT2D eigenvalue weighted by Gasteiger charge is 2.26. The van der Waals surface area contributed by atoms with E-state index in [1.54, 1.807) is 6.92 Å². The standard InChI is InChI=1S/C11H11ClO/c1-7(13)8-5-6-10-9(8)3-2-4-11(10)12/h2-4,8H,5-6H2,1H3. The van der Waals surface area contributed by atoms with Crippen LogP contribution in [-0.2, 0) is 11.2 Å². The Kier molecular flexibility index (Phi) is 2.12. The average molecular weight is 195 g/mol. The number of halogens is 1. The lowest BCUT2D eigenvalue weighted by Crippen LogP contribution is -2.04. The van der Waals surface area contributed by atoms with Crippen LogP contribution in [0.1, 0.15) is 30.4 Å². The molecule has 0 saturated carbocycles. The van der Waals surface area contributed by atoms with Crippen molar-refractivity contribution in [3.8, 4) is 0 Å². The van der Waals surface area contributed by atoms with Crippen molar-refractivity contribution >= 4 is 17.4 Å². The van der Waals surface area contributed by atoms with Crippen LogP contribution in [0.3, 0.4) is 0 Å². The number of ketones is 1. The van der Waals surface area contributed by atoms with E-state index in [1.807, 2.05) is 18.2 Å². The van der Waals surface area contributed by atoms with E-state index in [4.69, 9.17) is 11.6 Å². The molecule has 1 aromatic rings. The molecule has 0 radical (unpaired) electrons. The van der Waals surface area contributed by atoms with E-state index in [2.05, 4.69) is 0 Å². The fourth-order valence-corrected chi connectivity index (χ4v) is 2.31. The van der Waals surface area contributed by atoms with Gasteiger partial charge in [-0.2, -0.15) is 0 Å². The van der Waals surface area contributed by atoms with Gasteiger partial charge in [-0.25, -0.2) is 0 Å². The molecule has 1 aliphatic rings. The van der Waals surface area contributed by atoms with E-state index < -0.39 is 0 Å². The Hall–Kier alpha value is -0.820. The molecule has 2 heteroatoms. The molecular weight excluding hydrogens is 184 g/mol. The highest BCUT2D eigenvalue weighted by molar-refractivity contribution is 6.31. The average Bonchev–Trinajstić information content (AvgIpc) is 2.48. The van der Waals surface area contributed by atoms with Crippen LogP contribution in [0.4, 0.5) is 0 Å². The van der Waals surface area contributed by atoms with Crippen LogP contribution < -0.4 is 0 Å². The summed E-state index contributed by atoms with van der Waals surface area (Å²) in [6.45, 7) is 1.65. The van der Waals surface area contributed by atoms with Crippen molar-refractivity contribution < 1.29 is 4.79 Å². The third-order valence-electron chi connectivity index (χ3n) is 2.70. The predicted octanol–water partition coefficient (Wildman–Crippen LogP) is 2.96. The molecule has 0 N–H and O–H groups in total. The van der Waals surface area contributed by atoms with Gasteiger partial charge in [0, 0.05) is 10.9 Å². The second-order valence-corrected chi connectivity index (χ2v) is 3.92. The molecule has 0 fully saturated rings. The van der Waals surface area contributed by atoms with E-state index in [-0.39, 0.29) is 11.7 Å². The molecule has 68 valence electrons. The van der Waals surface area contributed by atoms with Gasteiger partial charge in [0.25, 0.3) is 0 Å². The summed E-state index contributed by atoms with van der Waals surface area (Å²) in [6.07, 6.45) is 1.87. The van der Waals surface area contributed by atoms with Gasteiger partial charge in [0.05, 0.1) is 0 Å². The molecule has 1 nitrogen and oxygen atoms in total. The van der Waals surface area contributed by atoms with Crippen molar-refractivity contribution in [3.05, 3.63) is 34.3 Å². The number of rotatable bonds is 1. The molecule has 2 rings (SSSR count). The number of hydrogen-bond acceptors (Lipinski definition) is 1. The molecule has 0 bridgehead atoms. The van der Waals surface area contributed by atoms with Gasteiger partial charge in [-0.05, 0) is 37.0 Å². The van der Waals surface area contributed by atoms with Crippen LogP contribution in [0.2, 0.25) is 5.02 Å². The second kappa shape index (κ2) is 3.15. The highest BCUT2D eigenvalue weighted by Crippen LogP contribution is 2.37. The lowest BCUT2D eigenvalue weighted by Gasteiger charge is -2.06. The molecule has 13 heavy (non-hydrogen) atoms. The van der Waals surface area contributed by atoms with Gasteiger partial charge in [-0.1, -0.05) is 23.7 Å². The summed E-state index contributed by atoms with van der Waals surface area (Å²) in [5.41, 5.74) is 2.31. The first-order chi connectivity index (χ1) is 6.20. The number of hydrogen-bond donors (Lipinski definition) is 0. The first-order valence-electron chi connectivity index (χ1n) is 4.48. The molecule has 0 saturated heterocycles. The van der Waals surface area contributed by atoms with E-state index in [9.17, 15) is 4.79 Å². The van der Waals surface area contributed by atoms with Gasteiger partial charge >= 0.3 is 0 Å². The minimum Gasteiger partial charge on any atom is -0.299 e. The summed E-state index contributed by atoms with van der Waals surface area (Å²) in [5.74, 6) is 0.342. The molecule has 0 aliphatic heterocycles. The Labute approximate surface area is 82.7 Å². The summed E-state index contributed by atoms with van der Waals surface area (Å²) in [7, 11) is 0. The van der Waals surface area contributed by atoms with E-state index in [1.165, 1.54) is 5.56 Å². The Morgan fingerprint density at radius 3 is 3.00 bits per heavy atom. The van der Waals surface area contributed by atoms with Crippen LogP contribution in [-0.4, -0.2) is 5.78 Å². The monoisotopic (exact) mass is 194 g/mol. The summed E-state index contributed by atoms with van der Waals surface area (Å²) < 4.78 is 0. The Morgan fingerprint density at radius 1 is 1.54 bits per heavy atom.